The van der Waals surface area contributed by atoms with Gasteiger partial charge in [0.2, 0.25) is 6.29 Å². The minimum absolute atomic E-state index is 0.306. The van der Waals surface area contributed by atoms with E-state index in [4.69, 9.17) is 9.47 Å². The van der Waals surface area contributed by atoms with Crippen LogP contribution in [0.2, 0.25) is 0 Å². The van der Waals surface area contributed by atoms with Crippen LogP contribution in [-0.2, 0) is 4.74 Å². The molecule has 0 fully saturated rings. The molecule has 1 aromatic carbocycles. The van der Waals surface area contributed by atoms with Crippen molar-refractivity contribution >= 4 is 5.97 Å². The minimum atomic E-state index is -1.28. The van der Waals surface area contributed by atoms with Crippen LogP contribution in [0.3, 0.4) is 0 Å². The predicted octanol–water partition coefficient (Wildman–Crippen LogP) is 0.865. The first-order valence-corrected chi connectivity index (χ1v) is 4.33. The highest BCUT2D eigenvalue weighted by Crippen LogP contribution is 2.41. The summed E-state index contributed by atoms with van der Waals surface area (Å²) in [6, 6.07) is 3.13. The summed E-state index contributed by atoms with van der Waals surface area (Å²) in [5, 5.41) is 9.51. The lowest BCUT2D eigenvalue weighted by atomic mass is 10.1. The molecule has 0 saturated carbocycles. The number of ether oxygens (including phenoxy) is 3. The van der Waals surface area contributed by atoms with Gasteiger partial charge in [0.05, 0.1) is 25.3 Å². The van der Waals surface area contributed by atoms with E-state index >= 15 is 0 Å². The number of hydrogen-bond acceptors (Lipinski definition) is 5. The van der Waals surface area contributed by atoms with Crippen molar-refractivity contribution < 1.29 is 24.1 Å². The molecule has 1 atom stereocenters. The maximum absolute atomic E-state index is 11.3. The summed E-state index contributed by atoms with van der Waals surface area (Å²) in [7, 11) is 2.92. The number of aliphatic hydroxyl groups is 1. The summed E-state index contributed by atoms with van der Waals surface area (Å²) in [6.07, 6.45) is -1.28. The number of methoxy groups -OCH3 is 2. The predicted molar refractivity (Wildman–Crippen MR) is 49.9 cm³/mol. The lowest BCUT2D eigenvalue weighted by Crippen LogP contribution is -1.99. The van der Waals surface area contributed by atoms with E-state index in [1.54, 1.807) is 6.07 Å². The molecule has 0 aliphatic carbocycles. The van der Waals surface area contributed by atoms with Crippen molar-refractivity contribution in [2.24, 2.45) is 0 Å². The first-order chi connectivity index (χ1) is 7.19. The lowest BCUT2D eigenvalue weighted by molar-refractivity contribution is -0.0556. The summed E-state index contributed by atoms with van der Waals surface area (Å²) in [5.41, 5.74) is 0.627. The maximum atomic E-state index is 11.3. The summed E-state index contributed by atoms with van der Waals surface area (Å²) in [5.74, 6) is 0.223. The Hall–Kier alpha value is -1.75. The number of aliphatic hydroxyl groups excluding tert-OH is 1. The molecule has 1 unspecified atom stereocenters. The van der Waals surface area contributed by atoms with Gasteiger partial charge in [-0.25, -0.2) is 4.79 Å². The van der Waals surface area contributed by atoms with E-state index in [2.05, 4.69) is 4.74 Å². The molecule has 0 radical (unpaired) electrons. The summed E-state index contributed by atoms with van der Waals surface area (Å²) < 4.78 is 14.8. The van der Waals surface area contributed by atoms with Crippen molar-refractivity contribution in [3.05, 3.63) is 23.3 Å². The molecule has 1 aliphatic rings. The Morgan fingerprint density at radius 3 is 2.67 bits per heavy atom. The second-order valence-electron chi connectivity index (χ2n) is 3.02. The second-order valence-corrected chi connectivity index (χ2v) is 3.02. The van der Waals surface area contributed by atoms with Crippen molar-refractivity contribution in [2.75, 3.05) is 14.2 Å². The van der Waals surface area contributed by atoms with E-state index in [0.29, 0.717) is 22.6 Å². The lowest BCUT2D eigenvalue weighted by Gasteiger charge is -2.11. The van der Waals surface area contributed by atoms with Gasteiger partial charge in [0, 0.05) is 0 Å². The molecule has 5 heteroatoms. The van der Waals surface area contributed by atoms with Crippen molar-refractivity contribution in [2.45, 2.75) is 6.29 Å². The van der Waals surface area contributed by atoms with Crippen LogP contribution in [-0.4, -0.2) is 25.3 Å². The van der Waals surface area contributed by atoms with Crippen LogP contribution in [0, 0.1) is 0 Å². The van der Waals surface area contributed by atoms with Crippen LogP contribution in [0.4, 0.5) is 0 Å². The van der Waals surface area contributed by atoms with Crippen LogP contribution in [0.1, 0.15) is 22.2 Å². The van der Waals surface area contributed by atoms with E-state index in [0.717, 1.165) is 0 Å². The number of carbonyl (C=O) groups excluding carboxylic acids is 1. The first-order valence-electron chi connectivity index (χ1n) is 4.33. The molecule has 80 valence electrons. The SMILES string of the molecule is COc1ccc2c(c1OC)C(O)OC2=O. The fraction of sp³-hybridized carbons (Fsp3) is 0.300. The molecule has 1 heterocycles. The second kappa shape index (κ2) is 3.43. The molecular weight excluding hydrogens is 200 g/mol. The van der Waals surface area contributed by atoms with Gasteiger partial charge >= 0.3 is 5.97 Å². The molecule has 1 aromatic rings. The number of rotatable bonds is 2. The fourth-order valence-corrected chi connectivity index (χ4v) is 1.60. The van der Waals surface area contributed by atoms with E-state index < -0.39 is 12.3 Å². The van der Waals surface area contributed by atoms with Gasteiger partial charge < -0.3 is 19.3 Å². The van der Waals surface area contributed by atoms with Crippen LogP contribution in [0.25, 0.3) is 0 Å². The number of fused-ring (bicyclic) bond motifs is 1. The summed E-state index contributed by atoms with van der Waals surface area (Å²) in [6.45, 7) is 0. The quantitative estimate of drug-likeness (QED) is 0.733. The van der Waals surface area contributed by atoms with Gasteiger partial charge in [-0.05, 0) is 12.1 Å². The summed E-state index contributed by atoms with van der Waals surface area (Å²) >= 11 is 0. The number of carbonyl (C=O) groups is 1. The Morgan fingerprint density at radius 1 is 1.33 bits per heavy atom. The number of cyclic esters (lactones) is 1. The van der Waals surface area contributed by atoms with Crippen molar-refractivity contribution in [1.29, 1.82) is 0 Å². The first kappa shape index (κ1) is 9.79. The molecule has 0 spiro atoms. The average Bonchev–Trinajstić information content (AvgIpc) is 2.53. The Bertz CT molecular complexity index is 413. The van der Waals surface area contributed by atoms with Gasteiger partial charge in [-0.15, -0.1) is 0 Å². The molecule has 0 saturated heterocycles. The van der Waals surface area contributed by atoms with Crippen molar-refractivity contribution in [3.8, 4) is 11.5 Å². The third-order valence-electron chi connectivity index (χ3n) is 2.27. The number of hydrogen-bond donors (Lipinski definition) is 1. The topological polar surface area (TPSA) is 65.0 Å². The van der Waals surface area contributed by atoms with E-state index in [-0.39, 0.29) is 0 Å². The summed E-state index contributed by atoms with van der Waals surface area (Å²) in [4.78, 5) is 11.3. The molecule has 0 bridgehead atoms. The molecular formula is C10H10O5. The Kier molecular flexibility index (Phi) is 2.24. The molecule has 5 nitrogen and oxygen atoms in total. The van der Waals surface area contributed by atoms with Crippen molar-refractivity contribution in [3.63, 3.8) is 0 Å². The Balaban J connectivity index is 2.65. The third kappa shape index (κ3) is 1.32. The van der Waals surface area contributed by atoms with E-state index in [9.17, 15) is 9.90 Å². The normalized spacial score (nSPS) is 18.3. The van der Waals surface area contributed by atoms with Crippen LogP contribution < -0.4 is 9.47 Å². The maximum Gasteiger partial charge on any atom is 0.341 e. The molecule has 0 aromatic heterocycles. The van der Waals surface area contributed by atoms with Gasteiger partial charge in [-0.3, -0.25) is 0 Å². The zero-order valence-corrected chi connectivity index (χ0v) is 8.31. The highest BCUT2D eigenvalue weighted by atomic mass is 16.6. The molecule has 1 N–H and O–H groups in total. The van der Waals surface area contributed by atoms with Gasteiger partial charge in [0.25, 0.3) is 0 Å². The van der Waals surface area contributed by atoms with Crippen LogP contribution in [0.15, 0.2) is 12.1 Å². The van der Waals surface area contributed by atoms with Crippen LogP contribution in [0.5, 0.6) is 11.5 Å². The number of esters is 1. The third-order valence-corrected chi connectivity index (χ3v) is 2.27. The fourth-order valence-electron chi connectivity index (χ4n) is 1.60. The van der Waals surface area contributed by atoms with Gasteiger partial charge in [-0.1, -0.05) is 0 Å². The highest BCUT2D eigenvalue weighted by molar-refractivity contribution is 5.95. The minimum Gasteiger partial charge on any atom is -0.493 e. The zero-order chi connectivity index (χ0) is 11.0. The Morgan fingerprint density at radius 2 is 2.07 bits per heavy atom. The molecule has 2 rings (SSSR count). The highest BCUT2D eigenvalue weighted by Gasteiger charge is 2.34. The average molecular weight is 210 g/mol. The largest absolute Gasteiger partial charge is 0.493 e. The smallest absolute Gasteiger partial charge is 0.341 e. The van der Waals surface area contributed by atoms with E-state index in [1.165, 1.54) is 20.3 Å². The molecule has 1 aliphatic heterocycles. The molecule has 15 heavy (non-hydrogen) atoms. The van der Waals surface area contributed by atoms with Crippen molar-refractivity contribution in [1.82, 2.24) is 0 Å². The van der Waals surface area contributed by atoms with Crippen LogP contribution >= 0.6 is 0 Å². The van der Waals surface area contributed by atoms with Gasteiger partial charge in [-0.2, -0.15) is 0 Å². The van der Waals surface area contributed by atoms with E-state index in [1.807, 2.05) is 0 Å². The monoisotopic (exact) mass is 210 g/mol. The Labute approximate surface area is 86.2 Å². The van der Waals surface area contributed by atoms with Gasteiger partial charge in [0.15, 0.2) is 11.5 Å². The van der Waals surface area contributed by atoms with Gasteiger partial charge in [0.1, 0.15) is 0 Å². The standard InChI is InChI=1S/C10H10O5/c1-13-6-4-3-5-7(8(6)14-2)10(12)15-9(5)11/h3-4,10,12H,1-2H3. The number of benzene rings is 1. The molecule has 0 amide bonds. The zero-order valence-electron chi connectivity index (χ0n) is 8.31.